The fourth-order valence-corrected chi connectivity index (χ4v) is 2.31. The van der Waals surface area contributed by atoms with E-state index in [1.54, 1.807) is 7.11 Å². The summed E-state index contributed by atoms with van der Waals surface area (Å²) in [5.74, 6) is 1.66. The zero-order valence-electron chi connectivity index (χ0n) is 15.2. The van der Waals surface area contributed by atoms with Crippen LogP contribution in [0.15, 0.2) is 53.5 Å². The molecule has 2 aromatic carbocycles. The van der Waals surface area contributed by atoms with E-state index >= 15 is 0 Å². The van der Waals surface area contributed by atoms with Crippen LogP contribution in [-0.4, -0.2) is 26.2 Å². The number of nitriles is 1. The molecule has 0 saturated heterocycles. The van der Waals surface area contributed by atoms with Crippen LogP contribution < -0.4 is 15.4 Å². The van der Waals surface area contributed by atoms with Crippen LogP contribution in [0.5, 0.6) is 5.75 Å². The summed E-state index contributed by atoms with van der Waals surface area (Å²) in [4.78, 5) is 4.59. The molecule has 5 nitrogen and oxygen atoms in total. The molecule has 0 aromatic heterocycles. The summed E-state index contributed by atoms with van der Waals surface area (Å²) in [6, 6.07) is 17.7. The predicted molar refractivity (Wildman–Crippen MR) is 116 cm³/mol. The van der Waals surface area contributed by atoms with Crippen molar-refractivity contribution in [3.05, 3.63) is 65.2 Å². The Hall–Kier alpha value is -2.27. The van der Waals surface area contributed by atoms with Crippen molar-refractivity contribution < 1.29 is 4.74 Å². The molecule has 2 rings (SSSR count). The molecule has 0 saturated carbocycles. The zero-order chi connectivity index (χ0) is 17.9. The van der Waals surface area contributed by atoms with Crippen LogP contribution in [-0.2, 0) is 13.0 Å². The second-order valence-electron chi connectivity index (χ2n) is 5.53. The molecule has 0 aliphatic carbocycles. The highest BCUT2D eigenvalue weighted by Gasteiger charge is 1.99. The molecule has 0 fully saturated rings. The molecular formula is C20H25IN4O. The summed E-state index contributed by atoms with van der Waals surface area (Å²) in [6.45, 7) is 4.22. The number of hydrogen-bond acceptors (Lipinski definition) is 3. The predicted octanol–water partition coefficient (Wildman–Crippen LogP) is 3.48. The maximum atomic E-state index is 8.83. The van der Waals surface area contributed by atoms with E-state index in [0.29, 0.717) is 12.1 Å². The van der Waals surface area contributed by atoms with Gasteiger partial charge in [-0.25, -0.2) is 4.99 Å². The smallest absolute Gasteiger partial charge is 0.191 e. The number of nitrogens with zero attached hydrogens (tertiary/aromatic N) is 2. The number of nitrogens with one attached hydrogen (secondary N) is 2. The van der Waals surface area contributed by atoms with Crippen molar-refractivity contribution in [2.75, 3.05) is 20.2 Å². The minimum Gasteiger partial charge on any atom is -0.497 e. The first-order valence-electron chi connectivity index (χ1n) is 8.39. The first-order chi connectivity index (χ1) is 12.2. The minimum atomic E-state index is 0. The Bertz CT molecular complexity index is 721. The van der Waals surface area contributed by atoms with Gasteiger partial charge >= 0.3 is 0 Å². The van der Waals surface area contributed by atoms with E-state index in [9.17, 15) is 0 Å². The van der Waals surface area contributed by atoms with Crippen LogP contribution in [0.2, 0.25) is 0 Å². The molecule has 0 atom stereocenters. The molecule has 2 aromatic rings. The average molecular weight is 464 g/mol. The highest BCUT2D eigenvalue weighted by Crippen LogP contribution is 2.11. The van der Waals surface area contributed by atoms with Crippen molar-refractivity contribution in [1.29, 1.82) is 5.26 Å². The second-order valence-corrected chi connectivity index (χ2v) is 5.53. The molecule has 0 aliphatic heterocycles. The lowest BCUT2D eigenvalue weighted by atomic mass is 10.1. The van der Waals surface area contributed by atoms with Crippen molar-refractivity contribution in [3.8, 4) is 11.8 Å². The molecule has 6 heteroatoms. The Morgan fingerprint density at radius 1 is 1.04 bits per heavy atom. The normalized spacial score (nSPS) is 10.4. The fourth-order valence-electron chi connectivity index (χ4n) is 2.31. The van der Waals surface area contributed by atoms with Crippen molar-refractivity contribution in [3.63, 3.8) is 0 Å². The largest absolute Gasteiger partial charge is 0.497 e. The Morgan fingerprint density at radius 2 is 1.69 bits per heavy atom. The van der Waals surface area contributed by atoms with Gasteiger partial charge in [-0.1, -0.05) is 24.3 Å². The molecule has 26 heavy (non-hydrogen) atoms. The molecule has 0 bridgehead atoms. The van der Waals surface area contributed by atoms with E-state index in [1.165, 1.54) is 5.56 Å². The molecule has 2 N–H and O–H groups in total. The van der Waals surface area contributed by atoms with Crippen molar-refractivity contribution in [2.45, 2.75) is 19.9 Å². The monoisotopic (exact) mass is 464 g/mol. The van der Waals surface area contributed by atoms with Crippen LogP contribution in [0.25, 0.3) is 0 Å². The summed E-state index contributed by atoms with van der Waals surface area (Å²) >= 11 is 0. The number of benzene rings is 2. The van der Waals surface area contributed by atoms with Gasteiger partial charge in [0.15, 0.2) is 5.96 Å². The lowest BCUT2D eigenvalue weighted by molar-refractivity contribution is 0.414. The van der Waals surface area contributed by atoms with Crippen LogP contribution in [0.3, 0.4) is 0 Å². The van der Waals surface area contributed by atoms with Crippen LogP contribution >= 0.6 is 24.0 Å². The van der Waals surface area contributed by atoms with E-state index in [1.807, 2.05) is 43.3 Å². The third kappa shape index (κ3) is 7.31. The van der Waals surface area contributed by atoms with Gasteiger partial charge in [-0.15, -0.1) is 24.0 Å². The molecule has 138 valence electrons. The number of hydrogen-bond donors (Lipinski definition) is 2. The number of rotatable bonds is 7. The Labute approximate surface area is 172 Å². The maximum Gasteiger partial charge on any atom is 0.191 e. The molecule has 0 spiro atoms. The van der Waals surface area contributed by atoms with Gasteiger partial charge in [0, 0.05) is 13.1 Å². The third-order valence-corrected chi connectivity index (χ3v) is 3.71. The summed E-state index contributed by atoms with van der Waals surface area (Å²) in [5, 5.41) is 15.4. The number of aliphatic imine (C=N–C) groups is 1. The summed E-state index contributed by atoms with van der Waals surface area (Å²) in [7, 11) is 1.67. The van der Waals surface area contributed by atoms with Crippen molar-refractivity contribution in [2.24, 2.45) is 4.99 Å². The highest BCUT2D eigenvalue weighted by atomic mass is 127. The zero-order valence-corrected chi connectivity index (χ0v) is 17.5. The van der Waals surface area contributed by atoms with Gasteiger partial charge in [0.1, 0.15) is 5.75 Å². The average Bonchev–Trinajstić information content (AvgIpc) is 2.67. The van der Waals surface area contributed by atoms with Crippen LogP contribution in [0.1, 0.15) is 23.6 Å². The molecule has 0 radical (unpaired) electrons. The quantitative estimate of drug-likeness (QED) is 0.374. The number of guanidine groups is 1. The summed E-state index contributed by atoms with van der Waals surface area (Å²) < 4.78 is 5.17. The van der Waals surface area contributed by atoms with Crippen molar-refractivity contribution >= 4 is 29.9 Å². The topological polar surface area (TPSA) is 69.4 Å². The van der Waals surface area contributed by atoms with Gasteiger partial charge in [0.25, 0.3) is 0 Å². The number of halogens is 1. The van der Waals surface area contributed by atoms with Crippen LogP contribution in [0.4, 0.5) is 0 Å². The van der Waals surface area contributed by atoms with E-state index in [2.05, 4.69) is 33.8 Å². The van der Waals surface area contributed by atoms with Crippen LogP contribution in [0, 0.1) is 11.3 Å². The molecule has 0 aliphatic rings. The number of ether oxygens (including phenoxy) is 1. The SMILES string of the molecule is CCNC(=NCc1ccc(C#N)cc1)NCCc1ccc(OC)cc1.I. The third-order valence-electron chi connectivity index (χ3n) is 3.71. The van der Waals surface area contributed by atoms with Gasteiger partial charge in [-0.2, -0.15) is 5.26 Å². The van der Waals surface area contributed by atoms with Gasteiger partial charge in [-0.05, 0) is 48.7 Å². The van der Waals surface area contributed by atoms with E-state index < -0.39 is 0 Å². The molecule has 0 unspecified atom stereocenters. The lowest BCUT2D eigenvalue weighted by Gasteiger charge is -2.11. The summed E-state index contributed by atoms with van der Waals surface area (Å²) in [5.41, 5.74) is 2.99. The van der Waals surface area contributed by atoms with Gasteiger partial charge in [0.05, 0.1) is 25.3 Å². The Morgan fingerprint density at radius 3 is 2.27 bits per heavy atom. The highest BCUT2D eigenvalue weighted by molar-refractivity contribution is 14.0. The van der Waals surface area contributed by atoms with Gasteiger partial charge in [0.2, 0.25) is 0 Å². The van der Waals surface area contributed by atoms with E-state index in [4.69, 9.17) is 10.00 Å². The van der Waals surface area contributed by atoms with E-state index in [-0.39, 0.29) is 24.0 Å². The van der Waals surface area contributed by atoms with Crippen molar-refractivity contribution in [1.82, 2.24) is 10.6 Å². The minimum absolute atomic E-state index is 0. The maximum absolute atomic E-state index is 8.83. The Balaban J connectivity index is 0.00000338. The number of methoxy groups -OCH3 is 1. The fraction of sp³-hybridized carbons (Fsp3) is 0.300. The first kappa shape index (κ1) is 21.8. The standard InChI is InChI=1S/C20H24N4O.HI/c1-3-22-20(24-15-18-6-4-17(14-21)5-7-18)23-13-12-16-8-10-19(25-2)11-9-16;/h4-11H,3,12-13,15H2,1-2H3,(H2,22,23,24);1H. The van der Waals surface area contributed by atoms with Gasteiger partial charge in [-0.3, -0.25) is 0 Å². The van der Waals surface area contributed by atoms with E-state index in [0.717, 1.165) is 36.8 Å². The molecule has 0 amide bonds. The molecule has 0 heterocycles. The first-order valence-corrected chi connectivity index (χ1v) is 8.39. The van der Waals surface area contributed by atoms with Gasteiger partial charge < -0.3 is 15.4 Å². The Kier molecular flexibility index (Phi) is 10.2. The molecular weight excluding hydrogens is 439 g/mol. The summed E-state index contributed by atoms with van der Waals surface area (Å²) in [6.07, 6.45) is 0.908. The second kappa shape index (κ2) is 12.1. The lowest BCUT2D eigenvalue weighted by Crippen LogP contribution is -2.38.